The summed E-state index contributed by atoms with van der Waals surface area (Å²) in [5, 5.41) is 0. The summed E-state index contributed by atoms with van der Waals surface area (Å²) in [5.41, 5.74) is 0. The Morgan fingerprint density at radius 3 is 1.38 bits per heavy atom. The molecule has 0 radical (unpaired) electrons. The minimum Gasteiger partial charge on any atom is -0.756 e. The van der Waals surface area contributed by atoms with Gasteiger partial charge in [-0.2, -0.15) is 0 Å². The first kappa shape index (κ1) is 60.4. The van der Waals surface area contributed by atoms with Gasteiger partial charge in [-0.15, -0.1) is 0 Å². The van der Waals surface area contributed by atoms with E-state index < -0.39 is 13.9 Å². The van der Waals surface area contributed by atoms with Crippen LogP contribution in [0.4, 0.5) is 0 Å². The van der Waals surface area contributed by atoms with E-state index in [4.69, 9.17) is 18.5 Å². The average molecular weight is 900 g/mol. The lowest BCUT2D eigenvalue weighted by atomic mass is 10.1. The van der Waals surface area contributed by atoms with Gasteiger partial charge in [0.15, 0.2) is 0 Å². The van der Waals surface area contributed by atoms with E-state index in [1.165, 1.54) is 64.2 Å². The van der Waals surface area contributed by atoms with E-state index in [1.54, 1.807) is 0 Å². The van der Waals surface area contributed by atoms with Gasteiger partial charge in [-0.25, -0.2) is 0 Å². The molecule has 0 aromatic carbocycles. The Hall–Kier alpha value is -2.58. The van der Waals surface area contributed by atoms with Gasteiger partial charge in [-0.05, 0) is 96.3 Å². The van der Waals surface area contributed by atoms with Crippen molar-refractivity contribution in [3.63, 3.8) is 0 Å². The zero-order valence-corrected chi connectivity index (χ0v) is 41.9. The SMILES string of the molecule is CC/C=C\C/C=C\C/C=C\C/C=C\C/C=C\C/C=C\CCCCCCCOCC(COP(=O)([O-])OCC[N+](C)(C)C)OC(=O)CCCCCCCCC/C=C\C/C=C\CCCCC. The summed E-state index contributed by atoms with van der Waals surface area (Å²) in [5.74, 6) is -0.353. The lowest BCUT2D eigenvalue weighted by molar-refractivity contribution is -0.870. The van der Waals surface area contributed by atoms with Crippen molar-refractivity contribution in [2.24, 2.45) is 0 Å². The molecule has 0 aromatic heterocycles. The fourth-order valence-corrected chi connectivity index (χ4v) is 7.01. The number of esters is 1. The Bertz CT molecular complexity index is 1320. The summed E-state index contributed by atoms with van der Waals surface area (Å²) in [4.78, 5) is 25.2. The van der Waals surface area contributed by atoms with Crippen molar-refractivity contribution >= 4 is 13.8 Å². The minimum atomic E-state index is -4.54. The van der Waals surface area contributed by atoms with Crippen molar-refractivity contribution in [2.45, 2.75) is 187 Å². The average Bonchev–Trinajstić information content (AvgIpc) is 3.24. The summed E-state index contributed by atoms with van der Waals surface area (Å²) >= 11 is 0. The number of phosphoric ester groups is 1. The molecule has 0 bridgehead atoms. The van der Waals surface area contributed by atoms with Crippen molar-refractivity contribution in [3.05, 3.63) is 97.2 Å². The van der Waals surface area contributed by atoms with Gasteiger partial charge in [0, 0.05) is 13.0 Å². The Morgan fingerprint density at radius 1 is 0.508 bits per heavy atom. The molecule has 362 valence electrons. The number of unbranched alkanes of at least 4 members (excludes halogenated alkanes) is 15. The van der Waals surface area contributed by atoms with Crippen LogP contribution in [0, 0.1) is 0 Å². The normalized spacial score (nSPS) is 14.4. The van der Waals surface area contributed by atoms with Crippen molar-refractivity contribution < 1.29 is 37.3 Å². The molecule has 0 saturated heterocycles. The smallest absolute Gasteiger partial charge is 0.306 e. The van der Waals surface area contributed by atoms with Gasteiger partial charge in [0.25, 0.3) is 7.82 Å². The lowest BCUT2D eigenvalue weighted by Crippen LogP contribution is -2.37. The van der Waals surface area contributed by atoms with Crippen LogP contribution in [0.1, 0.15) is 181 Å². The largest absolute Gasteiger partial charge is 0.756 e. The van der Waals surface area contributed by atoms with Crippen LogP contribution in [0.3, 0.4) is 0 Å². The topological polar surface area (TPSA) is 94.1 Å². The molecular weight excluding hydrogens is 806 g/mol. The summed E-state index contributed by atoms with van der Waals surface area (Å²) in [6, 6.07) is 0. The van der Waals surface area contributed by atoms with Crippen molar-refractivity contribution in [1.82, 2.24) is 0 Å². The van der Waals surface area contributed by atoms with E-state index in [-0.39, 0.29) is 25.8 Å². The Labute approximate surface area is 387 Å². The molecule has 0 aromatic rings. The maximum absolute atomic E-state index is 12.7. The van der Waals surface area contributed by atoms with Gasteiger partial charge in [-0.1, -0.05) is 175 Å². The van der Waals surface area contributed by atoms with Crippen LogP contribution in [0.5, 0.6) is 0 Å². The van der Waals surface area contributed by atoms with E-state index >= 15 is 0 Å². The maximum Gasteiger partial charge on any atom is 0.306 e. The van der Waals surface area contributed by atoms with Gasteiger partial charge in [-0.3, -0.25) is 9.36 Å². The second-order valence-corrected chi connectivity index (χ2v) is 18.8. The van der Waals surface area contributed by atoms with Crippen LogP contribution in [-0.2, 0) is 27.9 Å². The van der Waals surface area contributed by atoms with Crippen LogP contribution in [-0.4, -0.2) is 70.7 Å². The molecule has 0 rings (SSSR count). The first-order valence-corrected chi connectivity index (χ1v) is 26.4. The number of rotatable bonds is 45. The Balaban J connectivity index is 4.25. The number of carbonyl (C=O) groups is 1. The highest BCUT2D eigenvalue weighted by atomic mass is 31.2. The molecular formula is C54H94NO7P. The number of hydrogen-bond acceptors (Lipinski definition) is 7. The van der Waals surface area contributed by atoms with Crippen molar-refractivity contribution in [3.8, 4) is 0 Å². The van der Waals surface area contributed by atoms with Crippen LogP contribution in [0.2, 0.25) is 0 Å². The lowest BCUT2D eigenvalue weighted by Gasteiger charge is -2.28. The highest BCUT2D eigenvalue weighted by molar-refractivity contribution is 7.45. The minimum absolute atomic E-state index is 0.0147. The van der Waals surface area contributed by atoms with E-state index in [0.717, 1.165) is 96.3 Å². The van der Waals surface area contributed by atoms with Crippen LogP contribution < -0.4 is 4.89 Å². The molecule has 2 atom stereocenters. The number of likely N-dealkylation sites (N-methyl/N-ethyl adjacent to an activating group) is 1. The van der Waals surface area contributed by atoms with E-state index in [1.807, 2.05) is 21.1 Å². The Kier molecular flexibility index (Phi) is 44.1. The number of ether oxygens (including phenoxy) is 2. The van der Waals surface area contributed by atoms with Gasteiger partial charge in [0.05, 0.1) is 34.4 Å². The van der Waals surface area contributed by atoms with Gasteiger partial charge in [0.2, 0.25) is 0 Å². The summed E-state index contributed by atoms with van der Waals surface area (Å²) in [7, 11) is 1.32. The van der Waals surface area contributed by atoms with E-state index in [2.05, 4.69) is 111 Å². The molecule has 0 heterocycles. The molecule has 0 aliphatic carbocycles. The standard InChI is InChI=1S/C54H94NO7P/c1-6-8-10-12-14-16-18-20-22-24-25-26-27-28-29-30-32-34-36-38-40-42-44-46-49-59-51-53(52-61-63(57,58)60-50-48-55(3,4)5)62-54(56)47-45-43-41-39-37-35-33-31-23-21-19-17-15-13-11-9-7-2/h8,10,14-17,20-23,25-26,28-29,32,34,53H,6-7,9,11-13,18-19,24,27,30-31,33,35-52H2,1-5H3/b10-8-,16-14-,17-15-,22-20-,23-21-,26-25-,29-28-,34-32-. The molecule has 0 amide bonds. The van der Waals surface area contributed by atoms with Crippen LogP contribution in [0.25, 0.3) is 0 Å². The molecule has 8 nitrogen and oxygen atoms in total. The number of phosphoric acid groups is 1. The molecule has 0 N–H and O–H groups in total. The van der Waals surface area contributed by atoms with Gasteiger partial charge < -0.3 is 27.9 Å². The van der Waals surface area contributed by atoms with E-state index in [0.29, 0.717) is 24.1 Å². The summed E-state index contributed by atoms with van der Waals surface area (Å²) < 4.78 is 34.7. The molecule has 9 heteroatoms. The zero-order chi connectivity index (χ0) is 46.2. The molecule has 0 fully saturated rings. The summed E-state index contributed by atoms with van der Waals surface area (Å²) in [6.45, 7) is 5.19. The molecule has 63 heavy (non-hydrogen) atoms. The van der Waals surface area contributed by atoms with Gasteiger partial charge in [0.1, 0.15) is 19.3 Å². The summed E-state index contributed by atoms with van der Waals surface area (Å²) in [6.07, 6.45) is 62.8. The van der Waals surface area contributed by atoms with Crippen LogP contribution >= 0.6 is 7.82 Å². The molecule has 0 spiro atoms. The van der Waals surface area contributed by atoms with E-state index in [9.17, 15) is 14.3 Å². The molecule has 0 aliphatic heterocycles. The Morgan fingerprint density at radius 2 is 0.921 bits per heavy atom. The fraction of sp³-hybridized carbons (Fsp3) is 0.685. The monoisotopic (exact) mass is 900 g/mol. The fourth-order valence-electron chi connectivity index (χ4n) is 6.28. The second-order valence-electron chi connectivity index (χ2n) is 17.4. The predicted molar refractivity (Wildman–Crippen MR) is 268 cm³/mol. The third-order valence-corrected chi connectivity index (χ3v) is 11.1. The molecule has 2 unspecified atom stereocenters. The van der Waals surface area contributed by atoms with Crippen LogP contribution in [0.15, 0.2) is 97.2 Å². The quantitative estimate of drug-likeness (QED) is 0.0197. The third-order valence-electron chi connectivity index (χ3n) is 10.1. The number of carbonyl (C=O) groups excluding carboxylic acids is 1. The molecule has 0 saturated carbocycles. The highest BCUT2D eigenvalue weighted by Crippen LogP contribution is 2.38. The number of allylic oxidation sites excluding steroid dienone is 16. The first-order valence-electron chi connectivity index (χ1n) is 25.0. The zero-order valence-electron chi connectivity index (χ0n) is 41.0. The van der Waals surface area contributed by atoms with Crippen molar-refractivity contribution in [1.29, 1.82) is 0 Å². The number of nitrogens with zero attached hydrogens (tertiary/aromatic N) is 1. The highest BCUT2D eigenvalue weighted by Gasteiger charge is 2.20. The maximum atomic E-state index is 12.7. The second kappa shape index (κ2) is 46.0. The third kappa shape index (κ3) is 50.3. The first-order chi connectivity index (χ1) is 30.6. The number of quaternary nitrogens is 1. The molecule has 0 aliphatic rings. The van der Waals surface area contributed by atoms with Gasteiger partial charge >= 0.3 is 5.97 Å². The van der Waals surface area contributed by atoms with Crippen molar-refractivity contribution in [2.75, 3.05) is 54.1 Å². The predicted octanol–water partition coefficient (Wildman–Crippen LogP) is 14.8. The number of hydrogen-bond donors (Lipinski definition) is 0.